The Bertz CT molecular complexity index is 748. The number of anilines is 2. The largest absolute Gasteiger partial charge is 0.467 e. The molecule has 3 rings (SSSR count). The second-order valence-corrected chi connectivity index (χ2v) is 4.87. The Labute approximate surface area is 132 Å². The van der Waals surface area contributed by atoms with Gasteiger partial charge in [0.2, 0.25) is 5.95 Å². The zero-order valence-electron chi connectivity index (χ0n) is 12.4. The Kier molecular flexibility index (Phi) is 4.78. The molecule has 3 aromatic rings. The van der Waals surface area contributed by atoms with Crippen LogP contribution in [0, 0.1) is 5.82 Å². The van der Waals surface area contributed by atoms with E-state index in [0.717, 1.165) is 5.76 Å². The average molecular weight is 313 g/mol. The predicted molar refractivity (Wildman–Crippen MR) is 84.5 cm³/mol. The Morgan fingerprint density at radius 3 is 2.83 bits per heavy atom. The number of rotatable bonds is 7. The third-order valence-electron chi connectivity index (χ3n) is 3.22. The lowest BCUT2D eigenvalue weighted by atomic mass is 10.1. The summed E-state index contributed by atoms with van der Waals surface area (Å²) in [5.41, 5.74) is 0.665. The third kappa shape index (κ3) is 4.26. The standard InChI is InChI=1S/C16H16FN5O/c17-14-6-2-1-4-12(14)7-8-18-15-11-20-22-16(21-15)19-10-13-5-3-9-23-13/h1-6,9,11H,7-8,10H2,(H2,18,19,21,22). The predicted octanol–water partition coefficient (Wildman–Crippen LogP) is 2.87. The highest BCUT2D eigenvalue weighted by Crippen LogP contribution is 2.09. The van der Waals surface area contributed by atoms with Crippen LogP contribution in [0.4, 0.5) is 16.2 Å². The molecule has 1 aromatic carbocycles. The fraction of sp³-hybridized carbons (Fsp3) is 0.188. The fourth-order valence-corrected chi connectivity index (χ4v) is 2.07. The highest BCUT2D eigenvalue weighted by Gasteiger charge is 2.03. The van der Waals surface area contributed by atoms with E-state index in [4.69, 9.17) is 4.42 Å². The first-order valence-electron chi connectivity index (χ1n) is 7.24. The fourth-order valence-electron chi connectivity index (χ4n) is 2.07. The minimum Gasteiger partial charge on any atom is -0.467 e. The van der Waals surface area contributed by atoms with Crippen LogP contribution in [-0.2, 0) is 13.0 Å². The Balaban J connectivity index is 1.52. The van der Waals surface area contributed by atoms with Gasteiger partial charge in [-0.3, -0.25) is 0 Å². The monoisotopic (exact) mass is 313 g/mol. The number of aromatic nitrogens is 3. The molecule has 0 saturated heterocycles. The number of halogens is 1. The molecule has 23 heavy (non-hydrogen) atoms. The maximum absolute atomic E-state index is 13.5. The van der Waals surface area contributed by atoms with Crippen LogP contribution in [0.3, 0.4) is 0 Å². The SMILES string of the molecule is Fc1ccccc1CCNc1cnnc(NCc2ccco2)n1. The van der Waals surface area contributed by atoms with Gasteiger partial charge < -0.3 is 15.1 Å². The van der Waals surface area contributed by atoms with Crippen molar-refractivity contribution in [3.05, 3.63) is 66.0 Å². The summed E-state index contributed by atoms with van der Waals surface area (Å²) in [6, 6.07) is 10.4. The van der Waals surface area contributed by atoms with E-state index in [1.54, 1.807) is 18.4 Å². The van der Waals surface area contributed by atoms with Crippen molar-refractivity contribution in [3.63, 3.8) is 0 Å². The van der Waals surface area contributed by atoms with Gasteiger partial charge in [-0.25, -0.2) is 4.39 Å². The molecule has 118 valence electrons. The van der Waals surface area contributed by atoms with Gasteiger partial charge in [-0.1, -0.05) is 18.2 Å². The molecule has 0 spiro atoms. The summed E-state index contributed by atoms with van der Waals surface area (Å²) in [5, 5.41) is 13.9. The van der Waals surface area contributed by atoms with Crippen molar-refractivity contribution in [3.8, 4) is 0 Å². The maximum atomic E-state index is 13.5. The first-order chi connectivity index (χ1) is 11.3. The molecule has 6 nitrogen and oxygen atoms in total. The average Bonchev–Trinajstić information content (AvgIpc) is 3.09. The molecule has 2 heterocycles. The molecule has 0 aliphatic rings. The smallest absolute Gasteiger partial charge is 0.245 e. The van der Waals surface area contributed by atoms with Crippen LogP contribution in [0.25, 0.3) is 0 Å². The minimum atomic E-state index is -0.198. The summed E-state index contributed by atoms with van der Waals surface area (Å²) in [6.45, 7) is 1.03. The van der Waals surface area contributed by atoms with E-state index in [0.29, 0.717) is 36.8 Å². The van der Waals surface area contributed by atoms with Gasteiger partial charge >= 0.3 is 0 Å². The lowest BCUT2D eigenvalue weighted by Gasteiger charge is -2.07. The van der Waals surface area contributed by atoms with E-state index in [1.165, 1.54) is 12.3 Å². The van der Waals surface area contributed by atoms with E-state index in [-0.39, 0.29) is 5.82 Å². The number of hydrogen-bond acceptors (Lipinski definition) is 6. The molecule has 0 aliphatic carbocycles. The van der Waals surface area contributed by atoms with Crippen LogP contribution in [-0.4, -0.2) is 21.7 Å². The van der Waals surface area contributed by atoms with Crippen molar-refractivity contribution in [1.82, 2.24) is 15.2 Å². The van der Waals surface area contributed by atoms with E-state index in [9.17, 15) is 4.39 Å². The van der Waals surface area contributed by atoms with Crippen LogP contribution >= 0.6 is 0 Å². The molecular formula is C16H16FN5O. The highest BCUT2D eigenvalue weighted by molar-refractivity contribution is 5.37. The summed E-state index contributed by atoms with van der Waals surface area (Å²) < 4.78 is 18.8. The zero-order chi connectivity index (χ0) is 15.9. The summed E-state index contributed by atoms with van der Waals surface area (Å²) in [6.07, 6.45) is 3.70. The van der Waals surface area contributed by atoms with Crippen molar-refractivity contribution in [1.29, 1.82) is 0 Å². The van der Waals surface area contributed by atoms with Crippen molar-refractivity contribution in [2.75, 3.05) is 17.2 Å². The van der Waals surface area contributed by atoms with Gasteiger partial charge in [0, 0.05) is 6.54 Å². The van der Waals surface area contributed by atoms with Gasteiger partial charge in [-0.15, -0.1) is 5.10 Å². The van der Waals surface area contributed by atoms with Crippen LogP contribution in [0.2, 0.25) is 0 Å². The van der Waals surface area contributed by atoms with E-state index >= 15 is 0 Å². The Morgan fingerprint density at radius 2 is 2.00 bits per heavy atom. The molecule has 0 bridgehead atoms. The normalized spacial score (nSPS) is 10.5. The maximum Gasteiger partial charge on any atom is 0.245 e. The number of furan rings is 1. The minimum absolute atomic E-state index is 0.198. The number of nitrogens with one attached hydrogen (secondary N) is 2. The molecule has 0 saturated carbocycles. The zero-order valence-corrected chi connectivity index (χ0v) is 12.4. The van der Waals surface area contributed by atoms with Gasteiger partial charge in [0.25, 0.3) is 0 Å². The first-order valence-corrected chi connectivity index (χ1v) is 7.24. The molecule has 0 radical (unpaired) electrons. The van der Waals surface area contributed by atoms with Crippen molar-refractivity contribution >= 4 is 11.8 Å². The second-order valence-electron chi connectivity index (χ2n) is 4.87. The van der Waals surface area contributed by atoms with Gasteiger partial charge in [0.15, 0.2) is 5.82 Å². The van der Waals surface area contributed by atoms with Crippen molar-refractivity contribution < 1.29 is 8.81 Å². The molecule has 0 amide bonds. The molecule has 7 heteroatoms. The number of benzene rings is 1. The highest BCUT2D eigenvalue weighted by atomic mass is 19.1. The molecule has 0 fully saturated rings. The van der Waals surface area contributed by atoms with E-state index < -0.39 is 0 Å². The van der Waals surface area contributed by atoms with Gasteiger partial charge in [0.1, 0.15) is 11.6 Å². The lowest BCUT2D eigenvalue weighted by molar-refractivity contribution is 0.517. The molecule has 0 unspecified atom stereocenters. The summed E-state index contributed by atoms with van der Waals surface area (Å²) in [4.78, 5) is 4.29. The Hall–Kier alpha value is -2.96. The molecule has 2 aromatic heterocycles. The lowest BCUT2D eigenvalue weighted by Crippen LogP contribution is -2.10. The topological polar surface area (TPSA) is 75.9 Å². The van der Waals surface area contributed by atoms with Crippen LogP contribution in [0.15, 0.2) is 53.3 Å². The van der Waals surface area contributed by atoms with Gasteiger partial charge in [0.05, 0.1) is 19.0 Å². The first kappa shape index (κ1) is 15.0. The van der Waals surface area contributed by atoms with Crippen LogP contribution < -0.4 is 10.6 Å². The quantitative estimate of drug-likeness (QED) is 0.698. The summed E-state index contributed by atoms with van der Waals surface area (Å²) >= 11 is 0. The molecular weight excluding hydrogens is 297 g/mol. The van der Waals surface area contributed by atoms with Crippen LogP contribution in [0.1, 0.15) is 11.3 Å². The van der Waals surface area contributed by atoms with Crippen molar-refractivity contribution in [2.45, 2.75) is 13.0 Å². The number of nitrogens with zero attached hydrogens (tertiary/aromatic N) is 3. The van der Waals surface area contributed by atoms with Crippen molar-refractivity contribution in [2.24, 2.45) is 0 Å². The molecule has 0 aliphatic heterocycles. The molecule has 2 N–H and O–H groups in total. The summed E-state index contributed by atoms with van der Waals surface area (Å²) in [7, 11) is 0. The van der Waals surface area contributed by atoms with E-state index in [2.05, 4.69) is 25.8 Å². The third-order valence-corrected chi connectivity index (χ3v) is 3.22. The Morgan fingerprint density at radius 1 is 1.09 bits per heavy atom. The summed E-state index contributed by atoms with van der Waals surface area (Å²) in [5.74, 6) is 1.57. The van der Waals surface area contributed by atoms with Gasteiger partial charge in [-0.2, -0.15) is 10.1 Å². The van der Waals surface area contributed by atoms with Crippen LogP contribution in [0.5, 0.6) is 0 Å². The van der Waals surface area contributed by atoms with Gasteiger partial charge in [-0.05, 0) is 30.2 Å². The van der Waals surface area contributed by atoms with E-state index in [1.807, 2.05) is 18.2 Å². The number of hydrogen-bond donors (Lipinski definition) is 2. The molecule has 0 atom stereocenters. The second kappa shape index (κ2) is 7.35.